The normalized spacial score (nSPS) is 21.0. The zero-order valence-electron chi connectivity index (χ0n) is 14.6. The summed E-state index contributed by atoms with van der Waals surface area (Å²) in [4.78, 5) is 39.0. The summed E-state index contributed by atoms with van der Waals surface area (Å²) in [5, 5.41) is 9.28. The highest BCUT2D eigenvalue weighted by Gasteiger charge is 2.43. The van der Waals surface area contributed by atoms with Crippen LogP contribution in [0.15, 0.2) is 36.9 Å². The first-order valence-electron chi connectivity index (χ1n) is 8.12. The first-order valence-corrected chi connectivity index (χ1v) is 8.12. The van der Waals surface area contributed by atoms with E-state index in [0.29, 0.717) is 0 Å². The molecule has 2 rings (SSSR count). The van der Waals surface area contributed by atoms with Gasteiger partial charge in [0.05, 0.1) is 11.0 Å². The van der Waals surface area contributed by atoms with E-state index in [0.717, 1.165) is 34.1 Å². The van der Waals surface area contributed by atoms with Gasteiger partial charge < -0.3 is 10.0 Å². The van der Waals surface area contributed by atoms with E-state index in [4.69, 9.17) is 0 Å². The van der Waals surface area contributed by atoms with Gasteiger partial charge in [0, 0.05) is 25.2 Å². The van der Waals surface area contributed by atoms with Crippen molar-refractivity contribution >= 4 is 17.9 Å². The van der Waals surface area contributed by atoms with Crippen molar-refractivity contribution in [2.24, 2.45) is 5.41 Å². The summed E-state index contributed by atoms with van der Waals surface area (Å²) >= 11 is 0. The van der Waals surface area contributed by atoms with Crippen LogP contribution in [0.3, 0.4) is 0 Å². The van der Waals surface area contributed by atoms with Crippen LogP contribution in [0.1, 0.15) is 29.3 Å². The molecule has 1 aromatic rings. The number of alkyl halides is 3. The molecule has 9 heteroatoms. The summed E-state index contributed by atoms with van der Waals surface area (Å²) in [6, 6.07) is 3.54. The van der Waals surface area contributed by atoms with Crippen molar-refractivity contribution in [1.29, 1.82) is 0 Å². The van der Waals surface area contributed by atoms with E-state index >= 15 is 0 Å². The minimum atomic E-state index is -4.54. The van der Waals surface area contributed by atoms with Crippen molar-refractivity contribution in [3.05, 3.63) is 48.0 Å². The number of hydrogen-bond acceptors (Lipinski definition) is 3. The van der Waals surface area contributed by atoms with Gasteiger partial charge in [0.25, 0.3) is 5.91 Å². The van der Waals surface area contributed by atoms with Gasteiger partial charge in [-0.3, -0.25) is 14.5 Å². The molecule has 146 valence electrons. The van der Waals surface area contributed by atoms with Gasteiger partial charge in [-0.25, -0.2) is 4.79 Å². The number of hydrogen-bond donors (Lipinski definition) is 1. The molecule has 0 spiro atoms. The number of amides is 3. The van der Waals surface area contributed by atoms with Gasteiger partial charge in [-0.1, -0.05) is 6.08 Å². The highest BCUT2D eigenvalue weighted by atomic mass is 19.4. The van der Waals surface area contributed by atoms with E-state index in [1.54, 1.807) is 0 Å². The van der Waals surface area contributed by atoms with Crippen LogP contribution in [0.2, 0.25) is 0 Å². The van der Waals surface area contributed by atoms with E-state index in [-0.39, 0.29) is 31.6 Å². The molecule has 0 aromatic heterocycles. The Morgan fingerprint density at radius 1 is 1.26 bits per heavy atom. The SMILES string of the molecule is C=CCC1(C)CN(C(=O)O)CCN(C(=O)c2ccc(C(F)(F)F)cc2)C1=O. The molecule has 6 nitrogen and oxygen atoms in total. The van der Waals surface area contributed by atoms with Gasteiger partial charge in [0.2, 0.25) is 5.91 Å². The topological polar surface area (TPSA) is 77.9 Å². The molecular formula is C18H19F3N2O4. The number of halogens is 3. The fourth-order valence-corrected chi connectivity index (χ4v) is 3.00. The zero-order valence-corrected chi connectivity index (χ0v) is 14.6. The number of benzene rings is 1. The summed E-state index contributed by atoms with van der Waals surface area (Å²) in [6.07, 6.45) is -4.15. The number of carbonyl (C=O) groups is 3. The molecule has 0 saturated carbocycles. The smallest absolute Gasteiger partial charge is 0.416 e. The first kappa shape index (κ1) is 20.5. The van der Waals surface area contributed by atoms with Crippen LogP contribution in [0.5, 0.6) is 0 Å². The summed E-state index contributed by atoms with van der Waals surface area (Å²) < 4.78 is 38.0. The second-order valence-corrected chi connectivity index (χ2v) is 6.59. The Kier molecular flexibility index (Phi) is 5.62. The molecule has 1 aliphatic heterocycles. The molecule has 1 fully saturated rings. The highest BCUT2D eigenvalue weighted by Crippen LogP contribution is 2.31. The molecule has 27 heavy (non-hydrogen) atoms. The summed E-state index contributed by atoms with van der Waals surface area (Å²) in [7, 11) is 0. The molecule has 3 amide bonds. The lowest BCUT2D eigenvalue weighted by atomic mass is 9.84. The number of rotatable bonds is 3. The fourth-order valence-electron chi connectivity index (χ4n) is 3.00. The number of allylic oxidation sites excluding steroid dienone is 1. The van der Waals surface area contributed by atoms with Crippen molar-refractivity contribution < 1.29 is 32.7 Å². The molecule has 0 radical (unpaired) electrons. The minimum Gasteiger partial charge on any atom is -0.465 e. The summed E-state index contributed by atoms with van der Waals surface area (Å²) in [6.45, 7) is 4.73. The van der Waals surface area contributed by atoms with Crippen molar-refractivity contribution in [1.82, 2.24) is 9.80 Å². The third-order valence-electron chi connectivity index (χ3n) is 4.46. The molecule has 0 bridgehead atoms. The monoisotopic (exact) mass is 384 g/mol. The maximum Gasteiger partial charge on any atom is 0.416 e. The lowest BCUT2D eigenvalue weighted by molar-refractivity contribution is -0.138. The Morgan fingerprint density at radius 2 is 1.85 bits per heavy atom. The fraction of sp³-hybridized carbons (Fsp3) is 0.389. The Labute approximate surface area is 153 Å². The van der Waals surface area contributed by atoms with E-state index < -0.39 is 35.1 Å². The van der Waals surface area contributed by atoms with Gasteiger partial charge in [-0.2, -0.15) is 13.2 Å². The van der Waals surface area contributed by atoms with E-state index in [1.807, 2.05) is 0 Å². The average molecular weight is 384 g/mol. The van der Waals surface area contributed by atoms with Crippen LogP contribution >= 0.6 is 0 Å². The zero-order chi connectivity index (χ0) is 20.4. The third-order valence-corrected chi connectivity index (χ3v) is 4.46. The van der Waals surface area contributed by atoms with Gasteiger partial charge in [-0.05, 0) is 37.6 Å². The largest absolute Gasteiger partial charge is 0.465 e. The number of carboxylic acid groups (broad SMARTS) is 1. The van der Waals surface area contributed by atoms with Crippen LogP contribution in [0.4, 0.5) is 18.0 Å². The summed E-state index contributed by atoms with van der Waals surface area (Å²) in [5.41, 5.74) is -2.19. The predicted octanol–water partition coefficient (Wildman–Crippen LogP) is 3.25. The molecule has 0 aliphatic carbocycles. The molecule has 1 aromatic carbocycles. The second-order valence-electron chi connectivity index (χ2n) is 6.59. The van der Waals surface area contributed by atoms with E-state index in [2.05, 4.69) is 6.58 Å². The van der Waals surface area contributed by atoms with E-state index in [9.17, 15) is 32.7 Å². The average Bonchev–Trinajstić information content (AvgIpc) is 2.72. The van der Waals surface area contributed by atoms with E-state index in [1.165, 1.54) is 13.0 Å². The quantitative estimate of drug-likeness (QED) is 0.641. The Bertz CT molecular complexity index is 761. The van der Waals surface area contributed by atoms with Crippen LogP contribution in [0.25, 0.3) is 0 Å². The van der Waals surface area contributed by atoms with Crippen molar-refractivity contribution in [3.63, 3.8) is 0 Å². The van der Waals surface area contributed by atoms with Crippen LogP contribution < -0.4 is 0 Å². The first-order chi connectivity index (χ1) is 12.5. The Hall–Kier alpha value is -2.84. The lowest BCUT2D eigenvalue weighted by Gasteiger charge is -2.30. The summed E-state index contributed by atoms with van der Waals surface area (Å²) in [5.74, 6) is -1.35. The molecule has 1 heterocycles. The Morgan fingerprint density at radius 3 is 2.33 bits per heavy atom. The van der Waals surface area contributed by atoms with Gasteiger partial charge in [-0.15, -0.1) is 6.58 Å². The number of nitrogens with zero attached hydrogens (tertiary/aromatic N) is 2. The molecule has 1 saturated heterocycles. The van der Waals surface area contributed by atoms with Gasteiger partial charge >= 0.3 is 12.3 Å². The second kappa shape index (κ2) is 7.42. The van der Waals surface area contributed by atoms with Crippen LogP contribution in [0, 0.1) is 5.41 Å². The standard InChI is InChI=1S/C18H19F3N2O4/c1-3-8-17(2)11-22(16(26)27)9-10-23(15(17)25)14(24)12-4-6-13(7-5-12)18(19,20)21/h3-7H,1,8-11H2,2H3,(H,26,27). The van der Waals surface area contributed by atoms with Crippen molar-refractivity contribution in [3.8, 4) is 0 Å². The van der Waals surface area contributed by atoms with Crippen molar-refractivity contribution in [2.75, 3.05) is 19.6 Å². The predicted molar refractivity (Wildman–Crippen MR) is 90.0 cm³/mol. The maximum absolute atomic E-state index is 12.9. The Balaban J connectivity index is 2.34. The molecular weight excluding hydrogens is 365 g/mol. The minimum absolute atomic E-state index is 0.0823. The van der Waals surface area contributed by atoms with Crippen LogP contribution in [-0.2, 0) is 11.0 Å². The highest BCUT2D eigenvalue weighted by molar-refractivity contribution is 6.06. The van der Waals surface area contributed by atoms with Gasteiger partial charge in [0.1, 0.15) is 0 Å². The van der Waals surface area contributed by atoms with Gasteiger partial charge in [0.15, 0.2) is 0 Å². The molecule has 1 unspecified atom stereocenters. The molecule has 1 N–H and O–H groups in total. The maximum atomic E-state index is 12.9. The van der Waals surface area contributed by atoms with Crippen molar-refractivity contribution in [2.45, 2.75) is 19.5 Å². The third kappa shape index (κ3) is 4.29. The lowest BCUT2D eigenvalue weighted by Crippen LogP contribution is -2.46. The molecule has 1 atom stereocenters. The number of imide groups is 1. The number of carbonyl (C=O) groups excluding carboxylic acids is 2. The van der Waals surface area contributed by atoms with Crippen LogP contribution in [-0.4, -0.2) is 52.4 Å². The molecule has 1 aliphatic rings.